The van der Waals surface area contributed by atoms with Gasteiger partial charge >= 0.3 is 0 Å². The van der Waals surface area contributed by atoms with E-state index in [9.17, 15) is 0 Å². The van der Waals surface area contributed by atoms with Crippen molar-refractivity contribution in [1.29, 1.82) is 0 Å². The molecule has 2 heterocycles. The summed E-state index contributed by atoms with van der Waals surface area (Å²) < 4.78 is 5.30. The largest absolute Gasteiger partial charge is 0.399 e. The van der Waals surface area contributed by atoms with Crippen molar-refractivity contribution in [2.24, 2.45) is 0 Å². The second-order valence-corrected chi connectivity index (χ2v) is 4.63. The van der Waals surface area contributed by atoms with Gasteiger partial charge in [-0.3, -0.25) is 4.98 Å². The second-order valence-electron chi connectivity index (χ2n) is 4.63. The number of nitrogen functional groups attached to an aromatic ring is 1. The number of hydrogen-bond acceptors (Lipinski definition) is 5. The number of rotatable bonds is 3. The summed E-state index contributed by atoms with van der Waals surface area (Å²) in [7, 11) is 0. The molecule has 3 aromatic rings. The van der Waals surface area contributed by atoms with Gasteiger partial charge in [-0.1, -0.05) is 11.2 Å². The predicted molar refractivity (Wildman–Crippen MR) is 75.9 cm³/mol. The van der Waals surface area contributed by atoms with E-state index < -0.39 is 0 Å². The summed E-state index contributed by atoms with van der Waals surface area (Å²) in [6.45, 7) is 1.95. The Morgan fingerprint density at radius 1 is 1.25 bits per heavy atom. The van der Waals surface area contributed by atoms with Crippen molar-refractivity contribution in [3.63, 3.8) is 0 Å². The van der Waals surface area contributed by atoms with E-state index in [0.717, 1.165) is 22.4 Å². The first-order valence-corrected chi connectivity index (χ1v) is 6.30. The lowest BCUT2D eigenvalue weighted by Gasteiger charge is -2.00. The number of pyridine rings is 1. The van der Waals surface area contributed by atoms with E-state index in [1.165, 1.54) is 0 Å². The lowest BCUT2D eigenvalue weighted by atomic mass is 10.1. The van der Waals surface area contributed by atoms with Crippen LogP contribution in [0.2, 0.25) is 0 Å². The Bertz CT molecular complexity index is 722. The van der Waals surface area contributed by atoms with Gasteiger partial charge in [0.2, 0.25) is 0 Å². The fraction of sp³-hybridized carbons (Fsp3) is 0.133. The normalized spacial score (nSPS) is 10.7. The molecule has 0 bridgehead atoms. The fourth-order valence-corrected chi connectivity index (χ4v) is 1.94. The number of nitrogens with zero attached hydrogens (tertiary/aromatic N) is 3. The SMILES string of the molecule is Cc1cc(-c2nc(Cc3cccnc3)no2)ccc1N. The Morgan fingerprint density at radius 3 is 2.90 bits per heavy atom. The number of nitrogens with two attached hydrogens (primary N) is 1. The topological polar surface area (TPSA) is 77.8 Å². The first-order valence-electron chi connectivity index (χ1n) is 6.30. The summed E-state index contributed by atoms with van der Waals surface area (Å²) in [4.78, 5) is 8.47. The third-order valence-corrected chi connectivity index (χ3v) is 3.07. The number of hydrogen-bond donors (Lipinski definition) is 1. The molecule has 0 amide bonds. The molecular formula is C15H14N4O. The van der Waals surface area contributed by atoms with Crippen molar-refractivity contribution < 1.29 is 4.52 Å². The molecule has 1 aromatic carbocycles. The van der Waals surface area contributed by atoms with E-state index in [1.807, 2.05) is 37.3 Å². The van der Waals surface area contributed by atoms with E-state index >= 15 is 0 Å². The number of anilines is 1. The Balaban J connectivity index is 1.84. The highest BCUT2D eigenvalue weighted by Gasteiger charge is 2.10. The summed E-state index contributed by atoms with van der Waals surface area (Å²) >= 11 is 0. The third-order valence-electron chi connectivity index (χ3n) is 3.07. The van der Waals surface area contributed by atoms with E-state index in [0.29, 0.717) is 18.1 Å². The zero-order valence-electron chi connectivity index (χ0n) is 11.1. The lowest BCUT2D eigenvalue weighted by Crippen LogP contribution is -1.92. The van der Waals surface area contributed by atoms with Gasteiger partial charge in [-0.15, -0.1) is 0 Å². The molecule has 0 unspecified atom stereocenters. The van der Waals surface area contributed by atoms with Crippen LogP contribution in [0, 0.1) is 6.92 Å². The van der Waals surface area contributed by atoms with Crippen molar-refractivity contribution >= 4 is 5.69 Å². The van der Waals surface area contributed by atoms with E-state index in [4.69, 9.17) is 10.3 Å². The van der Waals surface area contributed by atoms with Crippen molar-refractivity contribution in [2.75, 3.05) is 5.73 Å². The van der Waals surface area contributed by atoms with E-state index in [-0.39, 0.29) is 0 Å². The Morgan fingerprint density at radius 2 is 2.15 bits per heavy atom. The summed E-state index contributed by atoms with van der Waals surface area (Å²) in [6, 6.07) is 9.53. The van der Waals surface area contributed by atoms with Crippen molar-refractivity contribution in [3.05, 3.63) is 59.7 Å². The molecule has 2 aromatic heterocycles. The lowest BCUT2D eigenvalue weighted by molar-refractivity contribution is 0.424. The molecule has 0 atom stereocenters. The van der Waals surface area contributed by atoms with Crippen LogP contribution in [0.5, 0.6) is 0 Å². The molecule has 5 nitrogen and oxygen atoms in total. The molecule has 0 fully saturated rings. The molecule has 100 valence electrons. The van der Waals surface area contributed by atoms with Gasteiger partial charge in [-0.05, 0) is 42.3 Å². The average Bonchev–Trinajstić information content (AvgIpc) is 2.91. The first-order chi connectivity index (χ1) is 9.72. The third kappa shape index (κ3) is 2.51. The molecular weight excluding hydrogens is 252 g/mol. The van der Waals surface area contributed by atoms with Crippen LogP contribution in [0.25, 0.3) is 11.5 Å². The molecule has 0 aliphatic carbocycles. The summed E-state index contributed by atoms with van der Waals surface area (Å²) in [5, 5.41) is 3.99. The average molecular weight is 266 g/mol. The van der Waals surface area contributed by atoms with Crippen LogP contribution in [-0.2, 0) is 6.42 Å². The maximum Gasteiger partial charge on any atom is 0.257 e. The van der Waals surface area contributed by atoms with Gasteiger partial charge < -0.3 is 10.3 Å². The van der Waals surface area contributed by atoms with Crippen LogP contribution in [-0.4, -0.2) is 15.1 Å². The highest BCUT2D eigenvalue weighted by molar-refractivity contribution is 5.60. The smallest absolute Gasteiger partial charge is 0.257 e. The minimum Gasteiger partial charge on any atom is -0.399 e. The summed E-state index contributed by atoms with van der Waals surface area (Å²) in [5.41, 5.74) is 9.47. The Labute approximate surface area is 116 Å². The molecule has 0 aliphatic rings. The molecule has 5 heteroatoms. The van der Waals surface area contributed by atoms with Gasteiger partial charge in [0.1, 0.15) is 0 Å². The minimum absolute atomic E-state index is 0.506. The van der Waals surface area contributed by atoms with Gasteiger partial charge in [0.25, 0.3) is 5.89 Å². The van der Waals surface area contributed by atoms with E-state index in [1.54, 1.807) is 12.4 Å². The molecule has 3 rings (SSSR count). The summed E-state index contributed by atoms with van der Waals surface area (Å²) in [6.07, 6.45) is 4.14. The molecule has 0 aliphatic heterocycles. The Hall–Kier alpha value is -2.69. The van der Waals surface area contributed by atoms with Crippen LogP contribution < -0.4 is 5.73 Å². The monoisotopic (exact) mass is 266 g/mol. The fourth-order valence-electron chi connectivity index (χ4n) is 1.94. The zero-order valence-corrected chi connectivity index (χ0v) is 11.1. The first kappa shape index (κ1) is 12.3. The summed E-state index contributed by atoms with van der Waals surface area (Å²) in [5.74, 6) is 1.15. The molecule has 2 N–H and O–H groups in total. The van der Waals surface area contributed by atoms with Gasteiger partial charge in [-0.2, -0.15) is 4.98 Å². The Kier molecular flexibility index (Phi) is 3.16. The maximum atomic E-state index is 5.80. The maximum absolute atomic E-state index is 5.80. The van der Waals surface area contributed by atoms with Crippen LogP contribution in [0.15, 0.2) is 47.2 Å². The van der Waals surface area contributed by atoms with E-state index in [2.05, 4.69) is 15.1 Å². The van der Waals surface area contributed by atoms with Crippen LogP contribution in [0.1, 0.15) is 17.0 Å². The number of aryl methyl sites for hydroxylation is 1. The quantitative estimate of drug-likeness (QED) is 0.737. The van der Waals surface area contributed by atoms with Crippen molar-refractivity contribution in [2.45, 2.75) is 13.3 Å². The number of benzene rings is 1. The van der Waals surface area contributed by atoms with Gasteiger partial charge in [0, 0.05) is 30.1 Å². The number of aromatic nitrogens is 3. The van der Waals surface area contributed by atoms with Crippen molar-refractivity contribution in [1.82, 2.24) is 15.1 Å². The second kappa shape index (κ2) is 5.13. The van der Waals surface area contributed by atoms with Crippen molar-refractivity contribution in [3.8, 4) is 11.5 Å². The molecule has 0 saturated carbocycles. The van der Waals surface area contributed by atoms with Gasteiger partial charge in [-0.25, -0.2) is 0 Å². The minimum atomic E-state index is 0.506. The van der Waals surface area contributed by atoms with Gasteiger partial charge in [0.15, 0.2) is 5.82 Å². The van der Waals surface area contributed by atoms with Crippen LogP contribution in [0.3, 0.4) is 0 Å². The van der Waals surface area contributed by atoms with Crippen LogP contribution >= 0.6 is 0 Å². The van der Waals surface area contributed by atoms with Gasteiger partial charge in [0.05, 0.1) is 0 Å². The highest BCUT2D eigenvalue weighted by atomic mass is 16.5. The molecule has 20 heavy (non-hydrogen) atoms. The standard InChI is InChI=1S/C15H14N4O/c1-10-7-12(4-5-13(10)16)15-18-14(19-20-15)8-11-3-2-6-17-9-11/h2-7,9H,8,16H2,1H3. The molecule has 0 spiro atoms. The molecule has 0 radical (unpaired) electrons. The highest BCUT2D eigenvalue weighted by Crippen LogP contribution is 2.22. The zero-order chi connectivity index (χ0) is 13.9. The van der Waals surface area contributed by atoms with Crippen LogP contribution in [0.4, 0.5) is 5.69 Å². The predicted octanol–water partition coefficient (Wildman–Crippen LogP) is 2.61. The molecule has 0 saturated heterocycles.